The van der Waals surface area contributed by atoms with E-state index in [9.17, 15) is 0 Å². The van der Waals surface area contributed by atoms with E-state index in [0.717, 1.165) is 48.0 Å². The molecule has 0 amide bonds. The van der Waals surface area contributed by atoms with Crippen molar-refractivity contribution < 1.29 is 9.26 Å². The molecule has 7 heteroatoms. The molecule has 0 N–H and O–H groups in total. The van der Waals surface area contributed by atoms with Crippen LogP contribution in [0, 0.1) is 0 Å². The number of benzene rings is 2. The fourth-order valence-electron chi connectivity index (χ4n) is 3.63. The van der Waals surface area contributed by atoms with Gasteiger partial charge >= 0.3 is 0 Å². The van der Waals surface area contributed by atoms with Gasteiger partial charge in [-0.2, -0.15) is 4.98 Å². The summed E-state index contributed by atoms with van der Waals surface area (Å²) in [6, 6.07) is 20.2. The van der Waals surface area contributed by atoms with Crippen molar-refractivity contribution >= 4 is 11.8 Å². The van der Waals surface area contributed by atoms with Crippen LogP contribution in [0.1, 0.15) is 18.7 Å². The predicted molar refractivity (Wildman–Crippen MR) is 116 cm³/mol. The fraction of sp³-hybridized carbons (Fsp3) is 0.261. The molecule has 0 radical (unpaired) electrons. The Balaban J connectivity index is 1.36. The molecule has 2 aromatic heterocycles. The molecule has 1 unspecified atom stereocenters. The monoisotopic (exact) mass is 418 g/mol. The first-order valence-corrected chi connectivity index (χ1v) is 11.1. The number of thioether (sulfide) groups is 1. The smallest absolute Gasteiger partial charge is 0.237 e. The molecular formula is C23H22N4O2S. The Labute approximate surface area is 179 Å². The van der Waals surface area contributed by atoms with Crippen LogP contribution in [0.3, 0.4) is 0 Å². The average molecular weight is 419 g/mol. The first kappa shape index (κ1) is 19.1. The molecule has 1 saturated heterocycles. The van der Waals surface area contributed by atoms with Crippen LogP contribution in [-0.2, 0) is 17.0 Å². The highest BCUT2D eigenvalue weighted by atomic mass is 32.2. The molecule has 0 spiro atoms. The summed E-state index contributed by atoms with van der Waals surface area (Å²) in [5, 5.41) is 5.04. The Kier molecular flexibility index (Phi) is 5.63. The van der Waals surface area contributed by atoms with E-state index in [1.165, 1.54) is 0 Å². The number of hydrogen-bond acceptors (Lipinski definition) is 6. The minimum Gasteiger partial charge on any atom is -0.376 e. The van der Waals surface area contributed by atoms with Crippen molar-refractivity contribution in [1.82, 2.24) is 19.7 Å². The van der Waals surface area contributed by atoms with Crippen LogP contribution < -0.4 is 0 Å². The summed E-state index contributed by atoms with van der Waals surface area (Å²) in [5.74, 6) is 1.77. The lowest BCUT2D eigenvalue weighted by Gasteiger charge is -2.15. The van der Waals surface area contributed by atoms with Gasteiger partial charge in [0.15, 0.2) is 5.16 Å². The molecule has 1 aliphatic rings. The van der Waals surface area contributed by atoms with Crippen LogP contribution in [0.2, 0.25) is 0 Å². The van der Waals surface area contributed by atoms with Crippen LogP contribution >= 0.6 is 11.8 Å². The van der Waals surface area contributed by atoms with Crippen LogP contribution in [0.4, 0.5) is 0 Å². The highest BCUT2D eigenvalue weighted by Gasteiger charge is 2.21. The molecule has 3 heterocycles. The summed E-state index contributed by atoms with van der Waals surface area (Å²) >= 11 is 1.61. The van der Waals surface area contributed by atoms with Crippen molar-refractivity contribution in [1.29, 1.82) is 0 Å². The maximum atomic E-state index is 5.89. The van der Waals surface area contributed by atoms with Crippen LogP contribution in [0.25, 0.3) is 22.6 Å². The average Bonchev–Trinajstić information content (AvgIpc) is 3.56. The Hall–Kier alpha value is -2.90. The maximum Gasteiger partial charge on any atom is 0.237 e. The largest absolute Gasteiger partial charge is 0.376 e. The lowest BCUT2D eigenvalue weighted by molar-refractivity contribution is 0.0954. The van der Waals surface area contributed by atoms with E-state index in [1.54, 1.807) is 11.8 Å². The second kappa shape index (κ2) is 8.85. The number of hydrogen-bond donors (Lipinski definition) is 0. The zero-order valence-electron chi connectivity index (χ0n) is 16.5. The molecule has 1 fully saturated rings. The minimum absolute atomic E-state index is 0.231. The lowest BCUT2D eigenvalue weighted by Crippen LogP contribution is -2.16. The molecule has 30 heavy (non-hydrogen) atoms. The van der Waals surface area contributed by atoms with Gasteiger partial charge in [0.2, 0.25) is 11.7 Å². The second-order valence-electron chi connectivity index (χ2n) is 7.20. The van der Waals surface area contributed by atoms with Gasteiger partial charge in [0, 0.05) is 12.2 Å². The SMILES string of the molecule is c1ccc(-c2noc(CSc3ncc(-c4ccccc4)n3CC3CCCO3)n2)cc1. The van der Waals surface area contributed by atoms with Gasteiger partial charge in [-0.1, -0.05) is 77.6 Å². The zero-order valence-corrected chi connectivity index (χ0v) is 17.3. The van der Waals surface area contributed by atoms with E-state index in [-0.39, 0.29) is 6.10 Å². The van der Waals surface area contributed by atoms with Crippen molar-refractivity contribution in [2.75, 3.05) is 6.61 Å². The first-order chi connectivity index (χ1) is 14.9. The van der Waals surface area contributed by atoms with Crippen molar-refractivity contribution in [2.24, 2.45) is 0 Å². The molecule has 1 atom stereocenters. The van der Waals surface area contributed by atoms with E-state index >= 15 is 0 Å². The van der Waals surface area contributed by atoms with Gasteiger partial charge in [0.25, 0.3) is 0 Å². The van der Waals surface area contributed by atoms with E-state index in [1.807, 2.05) is 42.6 Å². The molecule has 4 aromatic rings. The zero-order chi connectivity index (χ0) is 20.2. The van der Waals surface area contributed by atoms with Gasteiger partial charge in [0.05, 0.1) is 30.3 Å². The summed E-state index contributed by atoms with van der Waals surface area (Å²) in [5.41, 5.74) is 3.20. The Morgan fingerprint density at radius 2 is 1.77 bits per heavy atom. The highest BCUT2D eigenvalue weighted by Crippen LogP contribution is 2.30. The summed E-state index contributed by atoms with van der Waals surface area (Å²) in [6.45, 7) is 1.64. The predicted octanol–water partition coefficient (Wildman–Crippen LogP) is 5.07. The Bertz CT molecular complexity index is 1090. The Morgan fingerprint density at radius 1 is 1.00 bits per heavy atom. The molecule has 5 rings (SSSR count). The number of aromatic nitrogens is 4. The molecule has 2 aromatic carbocycles. The van der Waals surface area contributed by atoms with Crippen LogP contribution in [-0.4, -0.2) is 32.4 Å². The fourth-order valence-corrected chi connectivity index (χ4v) is 4.45. The van der Waals surface area contributed by atoms with E-state index in [4.69, 9.17) is 14.2 Å². The number of rotatable bonds is 7. The molecule has 1 aliphatic heterocycles. The number of nitrogens with zero attached hydrogens (tertiary/aromatic N) is 4. The summed E-state index contributed by atoms with van der Waals surface area (Å²) in [7, 11) is 0. The Morgan fingerprint density at radius 3 is 2.50 bits per heavy atom. The molecule has 0 saturated carbocycles. The lowest BCUT2D eigenvalue weighted by atomic mass is 10.1. The molecule has 152 valence electrons. The maximum absolute atomic E-state index is 5.89. The third-order valence-corrected chi connectivity index (χ3v) is 6.10. The quantitative estimate of drug-likeness (QED) is 0.390. The normalized spacial score (nSPS) is 16.2. The minimum atomic E-state index is 0.231. The third kappa shape index (κ3) is 4.17. The van der Waals surface area contributed by atoms with Crippen LogP contribution in [0.15, 0.2) is 76.5 Å². The summed E-state index contributed by atoms with van der Waals surface area (Å²) in [4.78, 5) is 9.23. The highest BCUT2D eigenvalue weighted by molar-refractivity contribution is 7.98. The first-order valence-electron chi connectivity index (χ1n) is 10.1. The van der Waals surface area contributed by atoms with Gasteiger partial charge in [-0.25, -0.2) is 4.98 Å². The van der Waals surface area contributed by atoms with E-state index < -0.39 is 0 Å². The van der Waals surface area contributed by atoms with Gasteiger partial charge in [0.1, 0.15) is 0 Å². The van der Waals surface area contributed by atoms with E-state index in [0.29, 0.717) is 17.5 Å². The topological polar surface area (TPSA) is 66.0 Å². The summed E-state index contributed by atoms with van der Waals surface area (Å²) in [6.07, 6.45) is 4.37. The van der Waals surface area contributed by atoms with Crippen LogP contribution in [0.5, 0.6) is 0 Å². The molecular weight excluding hydrogens is 396 g/mol. The van der Waals surface area contributed by atoms with Gasteiger partial charge in [-0.05, 0) is 18.4 Å². The molecule has 6 nitrogen and oxygen atoms in total. The second-order valence-corrected chi connectivity index (χ2v) is 8.15. The van der Waals surface area contributed by atoms with Crippen molar-refractivity contribution in [3.05, 3.63) is 72.8 Å². The van der Waals surface area contributed by atoms with Crippen molar-refractivity contribution in [3.8, 4) is 22.6 Å². The van der Waals surface area contributed by atoms with Crippen molar-refractivity contribution in [2.45, 2.75) is 36.4 Å². The van der Waals surface area contributed by atoms with E-state index in [2.05, 4.69) is 39.0 Å². The van der Waals surface area contributed by atoms with Gasteiger partial charge in [-0.15, -0.1) is 0 Å². The van der Waals surface area contributed by atoms with Gasteiger partial charge < -0.3 is 13.8 Å². The number of ether oxygens (including phenoxy) is 1. The number of imidazole rings is 1. The molecule has 0 bridgehead atoms. The third-order valence-electron chi connectivity index (χ3n) is 5.12. The summed E-state index contributed by atoms with van der Waals surface area (Å²) < 4.78 is 13.6. The standard InChI is InChI=1S/C23H22N4O2S/c1-3-8-17(9-4-1)20-14-24-23(27(20)15-19-12-7-13-28-19)30-16-21-25-22(26-29-21)18-10-5-2-6-11-18/h1-6,8-11,14,19H,7,12-13,15-16H2. The van der Waals surface area contributed by atoms with Gasteiger partial charge in [-0.3, -0.25) is 0 Å². The van der Waals surface area contributed by atoms with Crippen molar-refractivity contribution in [3.63, 3.8) is 0 Å². The molecule has 0 aliphatic carbocycles.